The number of nitrogens with one attached hydrogen (secondary N) is 1. The summed E-state index contributed by atoms with van der Waals surface area (Å²) in [5, 5.41) is 1.57. The van der Waals surface area contributed by atoms with Crippen LogP contribution in [0.25, 0.3) is 22.3 Å². The number of nitrogens with zero attached hydrogens (tertiary/aromatic N) is 1. The Morgan fingerprint density at radius 3 is 2.68 bits per heavy atom. The lowest BCUT2D eigenvalue weighted by molar-refractivity contribution is 1.18. The Morgan fingerprint density at radius 2 is 1.84 bits per heavy atom. The summed E-state index contributed by atoms with van der Waals surface area (Å²) < 4.78 is 0. The molecule has 0 radical (unpaired) electrons. The Hall–Kier alpha value is -1.84. The van der Waals surface area contributed by atoms with Crippen molar-refractivity contribution in [3.05, 3.63) is 62.9 Å². The van der Waals surface area contributed by atoms with E-state index in [9.17, 15) is 4.79 Å². The summed E-state index contributed by atoms with van der Waals surface area (Å²) in [5.74, 6) is 0.413. The number of halogens is 2. The lowest BCUT2D eigenvalue weighted by Crippen LogP contribution is -2.09. The topological polar surface area (TPSA) is 45.8 Å². The van der Waals surface area contributed by atoms with Crippen LogP contribution < -0.4 is 5.56 Å². The predicted molar refractivity (Wildman–Crippen MR) is 77.8 cm³/mol. The Balaban J connectivity index is 2.31. The van der Waals surface area contributed by atoms with Gasteiger partial charge in [-0.2, -0.15) is 0 Å². The molecule has 94 valence electrons. The van der Waals surface area contributed by atoms with Crippen LogP contribution in [0.4, 0.5) is 0 Å². The van der Waals surface area contributed by atoms with Crippen molar-refractivity contribution in [3.8, 4) is 11.4 Å². The average molecular weight is 291 g/mol. The van der Waals surface area contributed by atoms with Gasteiger partial charge in [-0.25, -0.2) is 4.98 Å². The molecule has 0 aliphatic heterocycles. The van der Waals surface area contributed by atoms with Gasteiger partial charge >= 0.3 is 0 Å². The molecule has 1 N–H and O–H groups in total. The zero-order chi connectivity index (χ0) is 13.4. The van der Waals surface area contributed by atoms with Crippen molar-refractivity contribution >= 4 is 34.1 Å². The molecule has 0 atom stereocenters. The van der Waals surface area contributed by atoms with E-state index in [0.29, 0.717) is 32.3 Å². The molecule has 0 amide bonds. The minimum Gasteiger partial charge on any atom is -0.306 e. The van der Waals surface area contributed by atoms with Crippen LogP contribution in [-0.4, -0.2) is 9.97 Å². The average Bonchev–Trinajstić information content (AvgIpc) is 2.41. The highest BCUT2D eigenvalue weighted by molar-refractivity contribution is 6.35. The van der Waals surface area contributed by atoms with E-state index >= 15 is 0 Å². The highest BCUT2D eigenvalue weighted by Crippen LogP contribution is 2.28. The number of hydrogen-bond acceptors (Lipinski definition) is 2. The highest BCUT2D eigenvalue weighted by atomic mass is 35.5. The quantitative estimate of drug-likeness (QED) is 0.739. The van der Waals surface area contributed by atoms with Gasteiger partial charge in [-0.05, 0) is 30.3 Å². The van der Waals surface area contributed by atoms with Crippen molar-refractivity contribution in [2.45, 2.75) is 0 Å². The third-order valence-electron chi connectivity index (χ3n) is 2.80. The van der Waals surface area contributed by atoms with Gasteiger partial charge in [-0.1, -0.05) is 35.3 Å². The van der Waals surface area contributed by atoms with E-state index in [1.54, 1.807) is 36.4 Å². The summed E-state index contributed by atoms with van der Waals surface area (Å²) in [6.07, 6.45) is 0. The molecule has 0 saturated carbocycles. The standard InChI is InChI=1S/C14H8Cl2N2O/c15-8-5-6-11(16)10(7-8)13-17-12-4-2-1-3-9(12)14(19)18-13/h1-7H,(H,17,18,19). The van der Waals surface area contributed by atoms with E-state index in [1.165, 1.54) is 0 Å². The summed E-state index contributed by atoms with van der Waals surface area (Å²) in [4.78, 5) is 19.1. The van der Waals surface area contributed by atoms with Crippen molar-refractivity contribution in [2.24, 2.45) is 0 Å². The second-order valence-corrected chi connectivity index (χ2v) is 4.90. The molecular weight excluding hydrogens is 283 g/mol. The molecule has 19 heavy (non-hydrogen) atoms. The summed E-state index contributed by atoms with van der Waals surface area (Å²) >= 11 is 12.1. The molecule has 3 nitrogen and oxygen atoms in total. The Morgan fingerprint density at radius 1 is 1.05 bits per heavy atom. The van der Waals surface area contributed by atoms with Crippen molar-refractivity contribution in [3.63, 3.8) is 0 Å². The predicted octanol–water partition coefficient (Wildman–Crippen LogP) is 3.90. The first kappa shape index (κ1) is 12.2. The minimum absolute atomic E-state index is 0.198. The fraction of sp³-hybridized carbons (Fsp3) is 0. The van der Waals surface area contributed by atoms with E-state index in [0.717, 1.165) is 0 Å². The number of aromatic nitrogens is 2. The van der Waals surface area contributed by atoms with Crippen molar-refractivity contribution in [1.29, 1.82) is 0 Å². The van der Waals surface area contributed by atoms with Crippen LogP contribution in [0.2, 0.25) is 10.0 Å². The van der Waals surface area contributed by atoms with E-state index in [2.05, 4.69) is 9.97 Å². The van der Waals surface area contributed by atoms with E-state index in [-0.39, 0.29) is 5.56 Å². The third-order valence-corrected chi connectivity index (χ3v) is 3.36. The Kier molecular flexibility index (Phi) is 3.01. The fourth-order valence-corrected chi connectivity index (χ4v) is 2.27. The normalized spacial score (nSPS) is 10.8. The Labute approximate surface area is 118 Å². The molecule has 2 aromatic carbocycles. The number of aromatic amines is 1. The second kappa shape index (κ2) is 4.68. The van der Waals surface area contributed by atoms with Gasteiger partial charge < -0.3 is 4.98 Å². The van der Waals surface area contributed by atoms with Crippen molar-refractivity contribution in [2.75, 3.05) is 0 Å². The van der Waals surface area contributed by atoms with Gasteiger partial charge in [0.05, 0.1) is 15.9 Å². The molecule has 0 spiro atoms. The van der Waals surface area contributed by atoms with Crippen LogP contribution in [0.15, 0.2) is 47.3 Å². The molecule has 0 fully saturated rings. The van der Waals surface area contributed by atoms with Crippen LogP contribution in [0.5, 0.6) is 0 Å². The van der Waals surface area contributed by atoms with Gasteiger partial charge in [0.25, 0.3) is 5.56 Å². The molecule has 0 aliphatic carbocycles. The smallest absolute Gasteiger partial charge is 0.259 e. The lowest BCUT2D eigenvalue weighted by Gasteiger charge is -2.05. The number of benzene rings is 2. The first-order chi connectivity index (χ1) is 9.15. The minimum atomic E-state index is -0.198. The van der Waals surface area contributed by atoms with E-state index < -0.39 is 0 Å². The van der Waals surface area contributed by atoms with Crippen LogP contribution in [0, 0.1) is 0 Å². The summed E-state index contributed by atoms with van der Waals surface area (Å²) in [6, 6.07) is 12.2. The van der Waals surface area contributed by atoms with Gasteiger partial charge in [0.15, 0.2) is 0 Å². The van der Waals surface area contributed by atoms with Gasteiger partial charge in [0.1, 0.15) is 5.82 Å². The molecule has 0 bridgehead atoms. The molecule has 3 aromatic rings. The highest BCUT2D eigenvalue weighted by Gasteiger charge is 2.09. The monoisotopic (exact) mass is 290 g/mol. The van der Waals surface area contributed by atoms with Gasteiger partial charge in [0, 0.05) is 10.6 Å². The molecule has 1 aromatic heterocycles. The van der Waals surface area contributed by atoms with Crippen LogP contribution in [0.3, 0.4) is 0 Å². The Bertz CT molecular complexity index is 827. The largest absolute Gasteiger partial charge is 0.306 e. The number of rotatable bonds is 1. The SMILES string of the molecule is O=c1[nH]c(-c2cc(Cl)ccc2Cl)nc2ccccc12. The zero-order valence-corrected chi connectivity index (χ0v) is 11.2. The van der Waals surface area contributed by atoms with Crippen molar-refractivity contribution in [1.82, 2.24) is 9.97 Å². The maximum Gasteiger partial charge on any atom is 0.259 e. The lowest BCUT2D eigenvalue weighted by atomic mass is 10.2. The summed E-state index contributed by atoms with van der Waals surface area (Å²) in [6.45, 7) is 0. The first-order valence-electron chi connectivity index (χ1n) is 5.59. The van der Waals surface area contributed by atoms with Crippen LogP contribution >= 0.6 is 23.2 Å². The zero-order valence-electron chi connectivity index (χ0n) is 9.65. The molecule has 3 rings (SSSR count). The first-order valence-corrected chi connectivity index (χ1v) is 6.35. The third kappa shape index (κ3) is 2.23. The molecular formula is C14H8Cl2N2O. The molecule has 0 unspecified atom stereocenters. The summed E-state index contributed by atoms with van der Waals surface area (Å²) in [5.41, 5.74) is 1.03. The van der Waals surface area contributed by atoms with E-state index in [1.807, 2.05) is 6.07 Å². The second-order valence-electron chi connectivity index (χ2n) is 4.06. The number of fused-ring (bicyclic) bond motifs is 1. The van der Waals surface area contributed by atoms with Gasteiger partial charge in [-0.15, -0.1) is 0 Å². The molecule has 0 saturated heterocycles. The molecule has 5 heteroatoms. The van der Waals surface area contributed by atoms with Gasteiger partial charge in [-0.3, -0.25) is 4.79 Å². The molecule has 1 heterocycles. The van der Waals surface area contributed by atoms with Crippen LogP contribution in [-0.2, 0) is 0 Å². The van der Waals surface area contributed by atoms with Crippen LogP contribution in [0.1, 0.15) is 0 Å². The number of hydrogen-bond donors (Lipinski definition) is 1. The van der Waals surface area contributed by atoms with Crippen molar-refractivity contribution < 1.29 is 0 Å². The summed E-state index contributed by atoms with van der Waals surface area (Å²) in [7, 11) is 0. The number of H-pyrrole nitrogens is 1. The number of para-hydroxylation sites is 1. The van der Waals surface area contributed by atoms with E-state index in [4.69, 9.17) is 23.2 Å². The maximum atomic E-state index is 12.0. The maximum absolute atomic E-state index is 12.0. The fourth-order valence-electron chi connectivity index (χ4n) is 1.89. The van der Waals surface area contributed by atoms with Gasteiger partial charge in [0.2, 0.25) is 0 Å². The molecule has 0 aliphatic rings.